The third kappa shape index (κ3) is 4.45. The minimum atomic E-state index is -1.14. The molecule has 0 unspecified atom stereocenters. The van der Waals surface area contributed by atoms with Crippen molar-refractivity contribution in [2.75, 3.05) is 19.5 Å². The summed E-state index contributed by atoms with van der Waals surface area (Å²) in [6, 6.07) is 8.19. The summed E-state index contributed by atoms with van der Waals surface area (Å²) < 4.78 is 9.82. The molecule has 0 amide bonds. The molecular formula is C16H18N2O5S. The summed E-state index contributed by atoms with van der Waals surface area (Å²) >= 11 is 1.42. The number of thiophene rings is 1. The molecule has 0 aliphatic rings. The second kappa shape index (κ2) is 8.30. The largest absolute Gasteiger partial charge is 0.497 e. The number of rotatable bonds is 8. The fraction of sp³-hybridized carbons (Fsp3) is 0.312. The number of hydrogen-bond donors (Lipinski definition) is 1. The molecule has 128 valence electrons. The summed E-state index contributed by atoms with van der Waals surface area (Å²) in [7, 11) is 2.76. The average Bonchev–Trinajstić information content (AvgIpc) is 3.10. The molecule has 1 aromatic carbocycles. The van der Waals surface area contributed by atoms with Gasteiger partial charge in [0.05, 0.1) is 20.6 Å². The molecule has 2 rings (SSSR count). The molecule has 0 aliphatic heterocycles. The molecule has 2 atom stereocenters. The van der Waals surface area contributed by atoms with Gasteiger partial charge in [-0.1, -0.05) is 6.07 Å². The van der Waals surface area contributed by atoms with Gasteiger partial charge >= 0.3 is 5.97 Å². The average molecular weight is 350 g/mol. The van der Waals surface area contributed by atoms with Gasteiger partial charge in [0.1, 0.15) is 5.75 Å². The number of esters is 1. The highest BCUT2D eigenvalue weighted by Gasteiger charge is 2.38. The van der Waals surface area contributed by atoms with E-state index in [1.807, 2.05) is 17.5 Å². The van der Waals surface area contributed by atoms with Gasteiger partial charge in [0, 0.05) is 15.5 Å². The summed E-state index contributed by atoms with van der Waals surface area (Å²) in [5.74, 6) is -0.0244. The maximum atomic E-state index is 12.1. The Bertz CT molecular complexity index is 672. The SMILES string of the molecule is COC(=O)[C@H](Nc1ccc(OC)cc1)[C@@H](Cc1cccs1)[N+](=O)[O-]. The van der Waals surface area contributed by atoms with Gasteiger partial charge in [-0.05, 0) is 35.7 Å². The predicted octanol–water partition coefficient (Wildman–Crippen LogP) is 2.60. The molecule has 24 heavy (non-hydrogen) atoms. The number of nitro groups is 1. The Morgan fingerprint density at radius 2 is 2.00 bits per heavy atom. The number of hydrogen-bond acceptors (Lipinski definition) is 7. The summed E-state index contributed by atoms with van der Waals surface area (Å²) in [4.78, 5) is 24.0. The first kappa shape index (κ1) is 17.7. The van der Waals surface area contributed by atoms with Crippen LogP contribution >= 0.6 is 11.3 Å². The standard InChI is InChI=1S/C16H18N2O5S/c1-22-12-7-5-11(6-8-12)17-15(16(19)23-2)14(18(20)21)10-13-4-3-9-24-13/h3-9,14-15,17H,10H2,1-2H3/t14-,15-/m1/s1. The number of anilines is 1. The van der Waals surface area contributed by atoms with Crippen LogP contribution in [0.5, 0.6) is 5.75 Å². The Morgan fingerprint density at radius 1 is 1.29 bits per heavy atom. The second-order valence-corrected chi connectivity index (χ2v) is 6.04. The van der Waals surface area contributed by atoms with Crippen LogP contribution in [0.15, 0.2) is 41.8 Å². The van der Waals surface area contributed by atoms with Crippen molar-refractivity contribution in [2.24, 2.45) is 0 Å². The molecule has 0 spiro atoms. The van der Waals surface area contributed by atoms with Crippen molar-refractivity contribution in [1.82, 2.24) is 0 Å². The fourth-order valence-corrected chi connectivity index (χ4v) is 3.01. The molecule has 7 nitrogen and oxygen atoms in total. The zero-order valence-corrected chi connectivity index (χ0v) is 14.1. The van der Waals surface area contributed by atoms with Crippen molar-refractivity contribution in [2.45, 2.75) is 18.5 Å². The van der Waals surface area contributed by atoms with Crippen LogP contribution in [-0.4, -0.2) is 37.2 Å². The Balaban J connectivity index is 2.23. The van der Waals surface area contributed by atoms with Crippen molar-refractivity contribution >= 4 is 23.0 Å². The number of nitrogens with zero attached hydrogens (tertiary/aromatic N) is 1. The molecule has 0 bridgehead atoms. The smallest absolute Gasteiger partial charge is 0.335 e. The Hall–Kier alpha value is -2.61. The van der Waals surface area contributed by atoms with Crippen molar-refractivity contribution in [3.63, 3.8) is 0 Å². The highest BCUT2D eigenvalue weighted by molar-refractivity contribution is 7.09. The minimum Gasteiger partial charge on any atom is -0.497 e. The lowest BCUT2D eigenvalue weighted by Gasteiger charge is -2.21. The Labute approximate surface area is 143 Å². The molecule has 0 saturated carbocycles. The van der Waals surface area contributed by atoms with Gasteiger partial charge in [0.2, 0.25) is 6.04 Å². The molecule has 8 heteroatoms. The van der Waals surface area contributed by atoms with Gasteiger partial charge in [0.25, 0.3) is 0 Å². The van der Waals surface area contributed by atoms with Crippen molar-refractivity contribution in [1.29, 1.82) is 0 Å². The normalized spacial score (nSPS) is 12.9. The zero-order chi connectivity index (χ0) is 17.5. The third-order valence-corrected chi connectivity index (χ3v) is 4.41. The van der Waals surface area contributed by atoms with E-state index in [9.17, 15) is 14.9 Å². The first-order valence-corrected chi connectivity index (χ1v) is 8.07. The monoisotopic (exact) mass is 350 g/mol. The lowest BCUT2D eigenvalue weighted by Crippen LogP contribution is -2.46. The van der Waals surface area contributed by atoms with E-state index in [0.29, 0.717) is 11.4 Å². The maximum absolute atomic E-state index is 12.1. The molecular weight excluding hydrogens is 332 g/mol. The van der Waals surface area contributed by atoms with E-state index in [1.54, 1.807) is 31.4 Å². The van der Waals surface area contributed by atoms with Crippen molar-refractivity contribution in [3.8, 4) is 5.75 Å². The predicted molar refractivity (Wildman–Crippen MR) is 91.2 cm³/mol. The van der Waals surface area contributed by atoms with Crippen LogP contribution in [0.1, 0.15) is 4.88 Å². The highest BCUT2D eigenvalue weighted by Crippen LogP contribution is 2.20. The molecule has 1 aromatic heterocycles. The molecule has 0 aliphatic carbocycles. The van der Waals surface area contributed by atoms with Crippen LogP contribution in [0, 0.1) is 10.1 Å². The molecule has 2 aromatic rings. The second-order valence-electron chi connectivity index (χ2n) is 5.01. The number of carbonyl (C=O) groups excluding carboxylic acids is 1. The van der Waals surface area contributed by atoms with Crippen LogP contribution in [0.2, 0.25) is 0 Å². The zero-order valence-electron chi connectivity index (χ0n) is 13.3. The summed E-state index contributed by atoms with van der Waals surface area (Å²) in [6.07, 6.45) is 0.146. The summed E-state index contributed by atoms with van der Waals surface area (Å²) in [5, 5.41) is 16.3. The van der Waals surface area contributed by atoms with Crippen LogP contribution in [-0.2, 0) is 16.0 Å². The topological polar surface area (TPSA) is 90.7 Å². The van der Waals surface area contributed by atoms with Crippen LogP contribution in [0.25, 0.3) is 0 Å². The van der Waals surface area contributed by atoms with Crippen molar-refractivity contribution < 1.29 is 19.2 Å². The molecule has 1 heterocycles. The maximum Gasteiger partial charge on any atom is 0.335 e. The number of nitrogens with one attached hydrogen (secondary N) is 1. The van der Waals surface area contributed by atoms with Gasteiger partial charge in [-0.15, -0.1) is 11.3 Å². The van der Waals surface area contributed by atoms with Gasteiger partial charge in [-0.3, -0.25) is 10.1 Å². The van der Waals surface area contributed by atoms with Crippen LogP contribution in [0.4, 0.5) is 5.69 Å². The first-order valence-electron chi connectivity index (χ1n) is 7.19. The number of methoxy groups -OCH3 is 2. The van der Waals surface area contributed by atoms with E-state index in [-0.39, 0.29) is 6.42 Å². The number of carbonyl (C=O) groups is 1. The van der Waals surface area contributed by atoms with E-state index >= 15 is 0 Å². The van der Waals surface area contributed by atoms with E-state index in [2.05, 4.69) is 5.32 Å². The highest BCUT2D eigenvalue weighted by atomic mass is 32.1. The van der Waals surface area contributed by atoms with Crippen LogP contribution in [0.3, 0.4) is 0 Å². The van der Waals surface area contributed by atoms with E-state index in [1.165, 1.54) is 18.4 Å². The summed E-state index contributed by atoms with van der Waals surface area (Å²) in [6.45, 7) is 0. The van der Waals surface area contributed by atoms with Gasteiger partial charge in [0.15, 0.2) is 6.04 Å². The molecule has 0 radical (unpaired) electrons. The summed E-state index contributed by atoms with van der Waals surface area (Å²) in [5.41, 5.74) is 0.573. The van der Waals surface area contributed by atoms with E-state index in [0.717, 1.165) is 4.88 Å². The van der Waals surface area contributed by atoms with Crippen molar-refractivity contribution in [3.05, 3.63) is 56.8 Å². The Kier molecular flexibility index (Phi) is 6.14. The van der Waals surface area contributed by atoms with Gasteiger partial charge in [-0.25, -0.2) is 4.79 Å². The lowest BCUT2D eigenvalue weighted by atomic mass is 10.0. The van der Waals surface area contributed by atoms with Gasteiger partial charge in [-0.2, -0.15) is 0 Å². The fourth-order valence-electron chi connectivity index (χ4n) is 2.25. The lowest BCUT2D eigenvalue weighted by molar-refractivity contribution is -0.522. The Morgan fingerprint density at radius 3 is 2.50 bits per heavy atom. The van der Waals surface area contributed by atoms with Gasteiger partial charge < -0.3 is 14.8 Å². The van der Waals surface area contributed by atoms with Crippen LogP contribution < -0.4 is 10.1 Å². The van der Waals surface area contributed by atoms with E-state index < -0.39 is 23.0 Å². The minimum absolute atomic E-state index is 0.146. The van der Waals surface area contributed by atoms with E-state index in [4.69, 9.17) is 9.47 Å². The first-order chi connectivity index (χ1) is 11.5. The number of ether oxygens (including phenoxy) is 2. The third-order valence-electron chi connectivity index (χ3n) is 3.51. The molecule has 1 N–H and O–H groups in total. The number of benzene rings is 1. The quantitative estimate of drug-likeness (QED) is 0.447. The molecule has 0 saturated heterocycles. The molecule has 0 fully saturated rings.